The van der Waals surface area contributed by atoms with Crippen molar-refractivity contribution in [2.75, 3.05) is 6.54 Å². The van der Waals surface area contributed by atoms with Crippen LogP contribution in [-0.4, -0.2) is 33.9 Å². The highest BCUT2D eigenvalue weighted by atomic mass is 32.1. The molecule has 0 aromatic carbocycles. The Morgan fingerprint density at radius 3 is 2.82 bits per heavy atom. The van der Waals surface area contributed by atoms with Gasteiger partial charge in [-0.15, -0.1) is 11.3 Å². The molecule has 1 aromatic heterocycles. The molecule has 6 heteroatoms. The largest absolute Gasteiger partial charge is 0.444 e. The lowest BCUT2D eigenvalue weighted by Crippen LogP contribution is -2.42. The molecule has 0 saturated carbocycles. The van der Waals surface area contributed by atoms with Crippen molar-refractivity contribution < 1.29 is 14.3 Å². The fraction of sp³-hybridized carbons (Fsp3) is 0.545. The molecule has 1 aliphatic rings. The Balaban J connectivity index is 2.12. The van der Waals surface area contributed by atoms with E-state index in [1.54, 1.807) is 26.3 Å². The average molecular weight is 254 g/mol. The van der Waals surface area contributed by atoms with Crippen LogP contribution in [0.15, 0.2) is 5.51 Å². The minimum Gasteiger partial charge on any atom is -0.444 e. The molecule has 0 atom stereocenters. The summed E-state index contributed by atoms with van der Waals surface area (Å²) in [5.74, 6) is -0.0698. The highest BCUT2D eigenvalue weighted by Gasteiger charge is 2.31. The number of rotatable bonds is 0. The van der Waals surface area contributed by atoms with Gasteiger partial charge in [-0.2, -0.15) is 0 Å². The lowest BCUT2D eigenvalue weighted by Gasteiger charge is -2.28. The maximum Gasteiger partial charge on any atom is 0.411 e. The van der Waals surface area contributed by atoms with E-state index in [2.05, 4.69) is 4.98 Å². The van der Waals surface area contributed by atoms with Gasteiger partial charge >= 0.3 is 6.09 Å². The normalized spacial score (nSPS) is 15.7. The molecule has 0 N–H and O–H groups in total. The van der Waals surface area contributed by atoms with Gasteiger partial charge in [0, 0.05) is 0 Å². The minimum absolute atomic E-state index is 0.0698. The number of nitrogens with zero attached hydrogens (tertiary/aromatic N) is 2. The predicted molar refractivity (Wildman–Crippen MR) is 63.1 cm³/mol. The van der Waals surface area contributed by atoms with E-state index in [-0.39, 0.29) is 12.3 Å². The van der Waals surface area contributed by atoms with Crippen LogP contribution in [0, 0.1) is 0 Å². The van der Waals surface area contributed by atoms with E-state index >= 15 is 0 Å². The lowest BCUT2D eigenvalue weighted by atomic mass is 10.1. The van der Waals surface area contributed by atoms with E-state index in [9.17, 15) is 9.59 Å². The summed E-state index contributed by atoms with van der Waals surface area (Å²) < 4.78 is 5.23. The van der Waals surface area contributed by atoms with E-state index in [0.29, 0.717) is 17.1 Å². The molecule has 0 spiro atoms. The van der Waals surface area contributed by atoms with Crippen LogP contribution in [0.25, 0.3) is 0 Å². The van der Waals surface area contributed by atoms with E-state index in [1.165, 1.54) is 16.2 Å². The Morgan fingerprint density at radius 2 is 2.18 bits per heavy atom. The van der Waals surface area contributed by atoms with E-state index in [0.717, 1.165) is 0 Å². The van der Waals surface area contributed by atoms with Crippen LogP contribution in [0.4, 0.5) is 4.79 Å². The first-order valence-corrected chi connectivity index (χ1v) is 6.18. The Labute approximate surface area is 103 Å². The topological polar surface area (TPSA) is 59.5 Å². The van der Waals surface area contributed by atoms with Crippen molar-refractivity contribution >= 4 is 23.2 Å². The molecule has 5 nitrogen and oxygen atoms in total. The van der Waals surface area contributed by atoms with Gasteiger partial charge in [0.1, 0.15) is 5.60 Å². The molecular weight excluding hydrogens is 240 g/mol. The third kappa shape index (κ3) is 2.63. The fourth-order valence-corrected chi connectivity index (χ4v) is 2.28. The van der Waals surface area contributed by atoms with E-state index < -0.39 is 11.7 Å². The first-order chi connectivity index (χ1) is 7.87. The van der Waals surface area contributed by atoms with Crippen molar-refractivity contribution in [2.45, 2.75) is 32.9 Å². The van der Waals surface area contributed by atoms with Crippen LogP contribution in [-0.2, 0) is 11.3 Å². The quantitative estimate of drug-likeness (QED) is 0.711. The summed E-state index contributed by atoms with van der Waals surface area (Å²) >= 11 is 1.32. The number of amides is 1. The number of ketones is 1. The summed E-state index contributed by atoms with van der Waals surface area (Å²) in [5.41, 5.74) is 1.74. The number of carbonyl (C=O) groups is 2. The Bertz CT molecular complexity index is 462. The van der Waals surface area contributed by atoms with Gasteiger partial charge in [-0.05, 0) is 20.8 Å². The van der Waals surface area contributed by atoms with E-state index in [4.69, 9.17) is 4.74 Å². The van der Waals surface area contributed by atoms with Gasteiger partial charge in [0.2, 0.25) is 0 Å². The van der Waals surface area contributed by atoms with Crippen molar-refractivity contribution in [1.29, 1.82) is 0 Å². The number of fused-ring (bicyclic) bond motifs is 1. The van der Waals surface area contributed by atoms with Gasteiger partial charge in [0.15, 0.2) is 5.78 Å². The number of carbonyl (C=O) groups excluding carboxylic acids is 2. The molecule has 0 bridgehead atoms. The molecule has 1 amide bonds. The predicted octanol–water partition coefficient (Wildman–Crippen LogP) is 2.08. The molecule has 0 saturated heterocycles. The molecule has 1 aromatic rings. The fourth-order valence-electron chi connectivity index (χ4n) is 1.55. The molecule has 0 fully saturated rings. The Hall–Kier alpha value is -1.43. The zero-order valence-electron chi connectivity index (χ0n) is 10.0. The smallest absolute Gasteiger partial charge is 0.411 e. The maximum absolute atomic E-state index is 11.8. The van der Waals surface area contributed by atoms with Crippen LogP contribution in [0.3, 0.4) is 0 Å². The van der Waals surface area contributed by atoms with Crippen LogP contribution < -0.4 is 0 Å². The Morgan fingerprint density at radius 1 is 1.47 bits per heavy atom. The van der Waals surface area contributed by atoms with Crippen LogP contribution in [0.1, 0.15) is 36.1 Å². The van der Waals surface area contributed by atoms with Crippen molar-refractivity contribution in [1.82, 2.24) is 9.88 Å². The van der Waals surface area contributed by atoms with Crippen LogP contribution >= 0.6 is 11.3 Å². The van der Waals surface area contributed by atoms with Gasteiger partial charge in [-0.25, -0.2) is 9.78 Å². The van der Waals surface area contributed by atoms with Crippen molar-refractivity contribution in [3.05, 3.63) is 16.1 Å². The lowest BCUT2D eigenvalue weighted by molar-refractivity contribution is 0.0219. The van der Waals surface area contributed by atoms with Gasteiger partial charge in [-0.3, -0.25) is 9.69 Å². The number of Topliss-reactive ketones (excluding diaryl/α,β-unsaturated/α-hetero) is 1. The van der Waals surface area contributed by atoms with Gasteiger partial charge < -0.3 is 4.74 Å². The van der Waals surface area contributed by atoms with Crippen molar-refractivity contribution in [3.8, 4) is 0 Å². The number of ether oxygens (including phenoxy) is 1. The van der Waals surface area contributed by atoms with Gasteiger partial charge in [0.25, 0.3) is 0 Å². The molecule has 92 valence electrons. The highest BCUT2D eigenvalue weighted by molar-refractivity contribution is 7.12. The minimum atomic E-state index is -0.553. The molecule has 0 unspecified atom stereocenters. The maximum atomic E-state index is 11.8. The second kappa shape index (κ2) is 4.10. The summed E-state index contributed by atoms with van der Waals surface area (Å²) in [6.07, 6.45) is -0.468. The number of hydrogen-bond acceptors (Lipinski definition) is 5. The summed E-state index contributed by atoms with van der Waals surface area (Å²) in [7, 11) is 0. The van der Waals surface area contributed by atoms with Crippen molar-refractivity contribution in [2.24, 2.45) is 0 Å². The monoisotopic (exact) mass is 254 g/mol. The van der Waals surface area contributed by atoms with Crippen LogP contribution in [0.5, 0.6) is 0 Å². The molecule has 2 heterocycles. The molecule has 0 radical (unpaired) electrons. The van der Waals surface area contributed by atoms with Gasteiger partial charge in [-0.1, -0.05) is 0 Å². The van der Waals surface area contributed by atoms with E-state index in [1.807, 2.05) is 0 Å². The number of hydrogen-bond donors (Lipinski definition) is 0. The first-order valence-electron chi connectivity index (χ1n) is 5.30. The SMILES string of the molecule is CC(C)(C)OC(=O)N1CC(=O)c2scnc2C1. The molecule has 0 aliphatic carbocycles. The summed E-state index contributed by atoms with van der Waals surface area (Å²) in [6.45, 7) is 5.81. The van der Waals surface area contributed by atoms with Gasteiger partial charge in [0.05, 0.1) is 29.2 Å². The molecule has 2 rings (SSSR count). The second-order valence-corrected chi connectivity index (χ2v) is 5.74. The summed E-state index contributed by atoms with van der Waals surface area (Å²) in [6, 6.07) is 0. The number of aromatic nitrogens is 1. The third-order valence-electron chi connectivity index (χ3n) is 2.22. The average Bonchev–Trinajstić information content (AvgIpc) is 2.63. The highest BCUT2D eigenvalue weighted by Crippen LogP contribution is 2.22. The number of thiazole rings is 1. The molecule has 1 aliphatic heterocycles. The summed E-state index contributed by atoms with van der Waals surface area (Å²) in [4.78, 5) is 29.7. The Kier molecular flexibility index (Phi) is 2.91. The van der Waals surface area contributed by atoms with Crippen LogP contribution in [0.2, 0.25) is 0 Å². The van der Waals surface area contributed by atoms with Crippen molar-refractivity contribution in [3.63, 3.8) is 0 Å². The zero-order valence-corrected chi connectivity index (χ0v) is 10.8. The third-order valence-corrected chi connectivity index (χ3v) is 3.13. The summed E-state index contributed by atoms with van der Waals surface area (Å²) in [5, 5.41) is 0. The first kappa shape index (κ1) is 12.0. The zero-order chi connectivity index (χ0) is 12.6. The second-order valence-electron chi connectivity index (χ2n) is 4.89. The molecule has 17 heavy (non-hydrogen) atoms. The standard InChI is InChI=1S/C11H14N2O3S/c1-11(2,3)16-10(15)13-4-7-9(8(14)5-13)17-6-12-7/h6H,4-5H2,1-3H3. The molecular formula is C11H14N2O3S.